The zero-order chi connectivity index (χ0) is 21.4. The number of aryl methyl sites for hydroxylation is 1. The van der Waals surface area contributed by atoms with E-state index in [4.69, 9.17) is 13.9 Å². The van der Waals surface area contributed by atoms with Gasteiger partial charge in [-0.05, 0) is 35.7 Å². The van der Waals surface area contributed by atoms with E-state index in [1.54, 1.807) is 6.07 Å². The molecule has 1 atom stereocenters. The summed E-state index contributed by atoms with van der Waals surface area (Å²) in [5.41, 5.74) is 2.32. The Morgan fingerprint density at radius 3 is 2.81 bits per heavy atom. The summed E-state index contributed by atoms with van der Waals surface area (Å²) < 4.78 is 19.2. The van der Waals surface area contributed by atoms with Gasteiger partial charge in [0.25, 0.3) is 0 Å². The number of ether oxygens (including phenoxy) is 2. The molecule has 0 radical (unpaired) electrons. The Kier molecular flexibility index (Phi) is 5.15. The molecule has 1 unspecified atom stereocenters. The third kappa shape index (κ3) is 3.79. The van der Waals surface area contributed by atoms with Gasteiger partial charge >= 0.3 is 5.63 Å². The lowest BCUT2D eigenvalue weighted by Gasteiger charge is -2.25. The molecule has 158 valence electrons. The Labute approximate surface area is 183 Å². The van der Waals surface area contributed by atoms with Gasteiger partial charge in [-0.15, -0.1) is 10.2 Å². The second kappa shape index (κ2) is 8.11. The van der Waals surface area contributed by atoms with E-state index < -0.39 is 0 Å². The van der Waals surface area contributed by atoms with E-state index in [-0.39, 0.29) is 11.7 Å². The van der Waals surface area contributed by atoms with Crippen LogP contribution in [0.1, 0.15) is 30.0 Å². The predicted molar refractivity (Wildman–Crippen MR) is 118 cm³/mol. The van der Waals surface area contributed by atoms with Crippen molar-refractivity contribution in [2.24, 2.45) is 7.05 Å². The van der Waals surface area contributed by atoms with Gasteiger partial charge in [-0.1, -0.05) is 43.0 Å². The van der Waals surface area contributed by atoms with E-state index in [1.165, 1.54) is 11.8 Å². The Balaban J connectivity index is 1.37. The van der Waals surface area contributed by atoms with E-state index in [0.717, 1.165) is 33.8 Å². The number of aromatic nitrogens is 3. The van der Waals surface area contributed by atoms with Crippen LogP contribution in [0.15, 0.2) is 62.9 Å². The van der Waals surface area contributed by atoms with Crippen molar-refractivity contribution in [3.05, 3.63) is 75.9 Å². The molecule has 0 saturated carbocycles. The maximum atomic E-state index is 12.1. The van der Waals surface area contributed by atoms with Crippen molar-refractivity contribution in [3.8, 4) is 11.5 Å². The number of thioether (sulfide) groups is 1. The Bertz CT molecular complexity index is 1310. The molecule has 0 aliphatic carbocycles. The number of para-hydroxylation sites is 2. The second-order valence-corrected chi connectivity index (χ2v) is 8.27. The van der Waals surface area contributed by atoms with Crippen LogP contribution in [-0.4, -0.2) is 21.4 Å². The summed E-state index contributed by atoms with van der Waals surface area (Å²) in [6, 6.07) is 15.1. The van der Waals surface area contributed by atoms with Crippen molar-refractivity contribution in [1.29, 1.82) is 0 Å². The fourth-order valence-corrected chi connectivity index (χ4v) is 4.54. The smallest absolute Gasteiger partial charge is 0.336 e. The highest BCUT2D eigenvalue weighted by Gasteiger charge is 2.27. The van der Waals surface area contributed by atoms with Crippen molar-refractivity contribution >= 4 is 22.7 Å². The second-order valence-electron chi connectivity index (χ2n) is 7.33. The quantitative estimate of drug-likeness (QED) is 0.342. The van der Waals surface area contributed by atoms with Crippen LogP contribution in [0.4, 0.5) is 0 Å². The summed E-state index contributed by atoms with van der Waals surface area (Å²) in [6.45, 7) is 2.45. The molecule has 8 heteroatoms. The Hall–Kier alpha value is -3.26. The minimum absolute atomic E-state index is 0.334. The first kappa shape index (κ1) is 19.7. The summed E-state index contributed by atoms with van der Waals surface area (Å²) in [7, 11) is 1.91. The van der Waals surface area contributed by atoms with Gasteiger partial charge in [0.05, 0.1) is 0 Å². The van der Waals surface area contributed by atoms with Crippen LogP contribution in [0, 0.1) is 0 Å². The lowest BCUT2D eigenvalue weighted by Crippen LogP contribution is -2.24. The summed E-state index contributed by atoms with van der Waals surface area (Å²) in [5.74, 6) is 2.70. The molecule has 0 bridgehead atoms. The van der Waals surface area contributed by atoms with Gasteiger partial charge < -0.3 is 18.5 Å². The number of benzene rings is 2. The first-order valence-electron chi connectivity index (χ1n) is 10.1. The fourth-order valence-electron chi connectivity index (χ4n) is 3.63. The molecule has 2 aromatic carbocycles. The summed E-state index contributed by atoms with van der Waals surface area (Å²) >= 11 is 1.52. The summed E-state index contributed by atoms with van der Waals surface area (Å²) in [6.07, 6.45) is 0.552. The normalized spacial score (nSPS) is 15.4. The average molecular weight is 436 g/mol. The van der Waals surface area contributed by atoms with Crippen LogP contribution >= 0.6 is 11.8 Å². The topological polar surface area (TPSA) is 79.4 Å². The van der Waals surface area contributed by atoms with Crippen LogP contribution in [-0.2, 0) is 19.2 Å². The number of hydrogen-bond donors (Lipinski definition) is 0. The van der Waals surface area contributed by atoms with Crippen LogP contribution < -0.4 is 15.1 Å². The largest absolute Gasteiger partial charge is 0.485 e. The third-order valence-electron chi connectivity index (χ3n) is 5.32. The highest BCUT2D eigenvalue weighted by Crippen LogP contribution is 2.36. The molecule has 3 heterocycles. The average Bonchev–Trinajstić information content (AvgIpc) is 3.16. The van der Waals surface area contributed by atoms with Gasteiger partial charge in [-0.2, -0.15) is 0 Å². The van der Waals surface area contributed by atoms with Gasteiger partial charge in [0.2, 0.25) is 0 Å². The van der Waals surface area contributed by atoms with Crippen molar-refractivity contribution < 1.29 is 13.9 Å². The zero-order valence-electron chi connectivity index (χ0n) is 17.2. The molecule has 0 amide bonds. The molecular formula is C23H21N3O4S. The highest BCUT2D eigenvalue weighted by molar-refractivity contribution is 7.98. The lowest BCUT2D eigenvalue weighted by molar-refractivity contribution is 0.0825. The minimum Gasteiger partial charge on any atom is -0.485 e. The van der Waals surface area contributed by atoms with Crippen LogP contribution in [0.2, 0.25) is 0 Å². The van der Waals surface area contributed by atoms with Crippen molar-refractivity contribution in [1.82, 2.24) is 14.8 Å². The molecule has 1 aliphatic heterocycles. The molecule has 4 aromatic rings. The molecule has 0 fully saturated rings. The molecule has 7 nitrogen and oxygen atoms in total. The fraction of sp³-hybridized carbons (Fsp3) is 0.261. The monoisotopic (exact) mass is 435 g/mol. The maximum absolute atomic E-state index is 12.1. The van der Waals surface area contributed by atoms with Gasteiger partial charge in [0.1, 0.15) is 12.2 Å². The Morgan fingerprint density at radius 2 is 1.97 bits per heavy atom. The molecular weight excluding hydrogens is 414 g/mol. The van der Waals surface area contributed by atoms with E-state index in [9.17, 15) is 4.79 Å². The maximum Gasteiger partial charge on any atom is 0.336 e. The number of hydrogen-bond acceptors (Lipinski definition) is 7. The standard InChI is InChI=1S/C23H21N3O4S/c1-3-14-8-9-16-15(11-21(27)30-19(16)10-14)13-31-23-25-24-22(26(23)2)20-12-28-17-6-4-5-7-18(17)29-20/h4-11,20H,3,12-13H2,1-2H3. The molecule has 0 spiro atoms. The van der Waals surface area contributed by atoms with E-state index >= 15 is 0 Å². The van der Waals surface area contributed by atoms with Crippen LogP contribution in [0.5, 0.6) is 11.5 Å². The van der Waals surface area contributed by atoms with E-state index in [1.807, 2.05) is 48.0 Å². The van der Waals surface area contributed by atoms with Crippen LogP contribution in [0.25, 0.3) is 11.0 Å². The molecule has 5 rings (SSSR count). The molecule has 2 aromatic heterocycles. The highest BCUT2D eigenvalue weighted by atomic mass is 32.2. The molecule has 0 saturated heterocycles. The molecule has 1 aliphatic rings. The van der Waals surface area contributed by atoms with Crippen LogP contribution in [0.3, 0.4) is 0 Å². The number of nitrogens with zero attached hydrogens (tertiary/aromatic N) is 3. The number of rotatable bonds is 5. The molecule has 0 N–H and O–H groups in total. The lowest BCUT2D eigenvalue weighted by atomic mass is 10.1. The summed E-state index contributed by atoms with van der Waals surface area (Å²) in [5, 5.41) is 10.3. The van der Waals surface area contributed by atoms with E-state index in [0.29, 0.717) is 29.5 Å². The first-order chi connectivity index (χ1) is 15.1. The predicted octanol–water partition coefficient (Wildman–Crippen LogP) is 4.29. The SMILES string of the molecule is CCc1ccc2c(CSc3nnc(C4COc5ccccc5O4)n3C)cc(=O)oc2c1. The van der Waals surface area contributed by atoms with Crippen molar-refractivity contribution in [3.63, 3.8) is 0 Å². The third-order valence-corrected chi connectivity index (χ3v) is 6.39. The summed E-state index contributed by atoms with van der Waals surface area (Å²) in [4.78, 5) is 12.1. The minimum atomic E-state index is -0.346. The molecule has 31 heavy (non-hydrogen) atoms. The van der Waals surface area contributed by atoms with Gasteiger partial charge in [0, 0.05) is 24.3 Å². The van der Waals surface area contributed by atoms with Gasteiger partial charge in [-0.25, -0.2) is 4.79 Å². The van der Waals surface area contributed by atoms with Gasteiger partial charge in [0.15, 0.2) is 28.6 Å². The first-order valence-corrected chi connectivity index (χ1v) is 11.1. The van der Waals surface area contributed by atoms with Crippen molar-refractivity contribution in [2.75, 3.05) is 6.61 Å². The zero-order valence-corrected chi connectivity index (χ0v) is 18.0. The van der Waals surface area contributed by atoms with E-state index in [2.05, 4.69) is 23.2 Å². The Morgan fingerprint density at radius 1 is 1.13 bits per heavy atom. The van der Waals surface area contributed by atoms with Gasteiger partial charge in [-0.3, -0.25) is 0 Å². The van der Waals surface area contributed by atoms with Crippen molar-refractivity contribution in [2.45, 2.75) is 30.4 Å². The number of fused-ring (bicyclic) bond motifs is 2.